The number of halogens is 1. The lowest BCUT2D eigenvalue weighted by Crippen LogP contribution is -2.32. The molecule has 148 valence electrons. The summed E-state index contributed by atoms with van der Waals surface area (Å²) in [5.41, 5.74) is 1.14. The minimum atomic E-state index is -0.162. The SMILES string of the molecule is CCOC(=O)CC1CCCCC1Oc1ccc(C(=O)c2cccc(Cl)c2)cc1. The Kier molecular flexibility index (Phi) is 7.10. The van der Waals surface area contributed by atoms with Crippen LogP contribution in [-0.4, -0.2) is 24.5 Å². The first-order valence-corrected chi connectivity index (χ1v) is 10.2. The van der Waals surface area contributed by atoms with Crippen molar-refractivity contribution in [2.45, 2.75) is 45.1 Å². The van der Waals surface area contributed by atoms with Gasteiger partial charge in [-0.25, -0.2) is 0 Å². The molecule has 1 fully saturated rings. The van der Waals surface area contributed by atoms with Gasteiger partial charge in [-0.2, -0.15) is 0 Å². The minimum Gasteiger partial charge on any atom is -0.490 e. The van der Waals surface area contributed by atoms with E-state index in [0.29, 0.717) is 34.9 Å². The Morgan fingerprint density at radius 1 is 1.04 bits per heavy atom. The average molecular weight is 401 g/mol. The van der Waals surface area contributed by atoms with Crippen molar-refractivity contribution in [2.75, 3.05) is 6.61 Å². The van der Waals surface area contributed by atoms with E-state index in [4.69, 9.17) is 21.1 Å². The lowest BCUT2D eigenvalue weighted by molar-refractivity contribution is -0.145. The van der Waals surface area contributed by atoms with E-state index < -0.39 is 0 Å². The van der Waals surface area contributed by atoms with Gasteiger partial charge in [0.25, 0.3) is 0 Å². The smallest absolute Gasteiger partial charge is 0.306 e. The highest BCUT2D eigenvalue weighted by Crippen LogP contribution is 2.31. The molecule has 0 bridgehead atoms. The highest BCUT2D eigenvalue weighted by atomic mass is 35.5. The number of hydrogen-bond acceptors (Lipinski definition) is 4. The zero-order valence-electron chi connectivity index (χ0n) is 16.0. The molecule has 2 atom stereocenters. The van der Waals surface area contributed by atoms with Crippen molar-refractivity contribution in [3.63, 3.8) is 0 Å². The molecule has 2 aromatic carbocycles. The Morgan fingerprint density at radius 2 is 1.79 bits per heavy atom. The van der Waals surface area contributed by atoms with Crippen molar-refractivity contribution in [3.8, 4) is 5.75 Å². The van der Waals surface area contributed by atoms with Gasteiger partial charge in [0.2, 0.25) is 0 Å². The predicted octanol–water partition coefficient (Wildman–Crippen LogP) is 5.46. The van der Waals surface area contributed by atoms with Crippen LogP contribution < -0.4 is 4.74 Å². The van der Waals surface area contributed by atoms with Crippen molar-refractivity contribution in [2.24, 2.45) is 5.92 Å². The summed E-state index contributed by atoms with van der Waals surface area (Å²) in [5, 5.41) is 0.538. The Balaban J connectivity index is 1.65. The van der Waals surface area contributed by atoms with Crippen LogP contribution in [0.5, 0.6) is 5.75 Å². The molecule has 0 aromatic heterocycles. The van der Waals surface area contributed by atoms with Crippen LogP contribution in [0.1, 0.15) is 54.9 Å². The van der Waals surface area contributed by atoms with E-state index in [0.717, 1.165) is 25.7 Å². The van der Waals surface area contributed by atoms with E-state index in [1.807, 2.05) is 19.1 Å². The van der Waals surface area contributed by atoms with Crippen LogP contribution in [0.25, 0.3) is 0 Å². The molecule has 1 saturated carbocycles. The molecular formula is C23H25ClO4. The highest BCUT2D eigenvalue weighted by molar-refractivity contribution is 6.31. The number of carbonyl (C=O) groups excluding carboxylic acids is 2. The maximum Gasteiger partial charge on any atom is 0.306 e. The molecule has 0 N–H and O–H groups in total. The third kappa shape index (κ3) is 5.35. The summed E-state index contributed by atoms with van der Waals surface area (Å²) in [6.45, 7) is 2.22. The molecule has 0 radical (unpaired) electrons. The molecule has 0 spiro atoms. The van der Waals surface area contributed by atoms with E-state index in [-0.39, 0.29) is 23.8 Å². The van der Waals surface area contributed by atoms with Crippen LogP contribution in [0.2, 0.25) is 5.02 Å². The summed E-state index contributed by atoms with van der Waals surface area (Å²) < 4.78 is 11.3. The van der Waals surface area contributed by atoms with E-state index in [1.165, 1.54) is 0 Å². The van der Waals surface area contributed by atoms with E-state index in [9.17, 15) is 9.59 Å². The fourth-order valence-electron chi connectivity index (χ4n) is 3.65. The molecule has 0 saturated heterocycles. The zero-order chi connectivity index (χ0) is 19.9. The molecule has 3 rings (SSSR count). The molecule has 1 aliphatic rings. The van der Waals surface area contributed by atoms with E-state index in [1.54, 1.807) is 36.4 Å². The van der Waals surface area contributed by atoms with Crippen molar-refractivity contribution in [1.82, 2.24) is 0 Å². The van der Waals surface area contributed by atoms with Gasteiger partial charge in [0.15, 0.2) is 5.78 Å². The maximum absolute atomic E-state index is 12.6. The summed E-state index contributed by atoms with van der Waals surface area (Å²) in [5.74, 6) is 0.640. The number of hydrogen-bond donors (Lipinski definition) is 0. The normalized spacial score (nSPS) is 19.1. The topological polar surface area (TPSA) is 52.6 Å². The largest absolute Gasteiger partial charge is 0.490 e. The Labute approximate surface area is 170 Å². The Hall–Kier alpha value is -2.33. The van der Waals surface area contributed by atoms with Crippen molar-refractivity contribution in [3.05, 3.63) is 64.7 Å². The van der Waals surface area contributed by atoms with Crippen LogP contribution >= 0.6 is 11.6 Å². The Morgan fingerprint density at radius 3 is 2.50 bits per heavy atom. The van der Waals surface area contributed by atoms with Gasteiger partial charge in [0.1, 0.15) is 11.9 Å². The summed E-state index contributed by atoms with van der Waals surface area (Å²) in [7, 11) is 0. The molecule has 2 unspecified atom stereocenters. The molecule has 4 nitrogen and oxygen atoms in total. The second kappa shape index (κ2) is 9.74. The first-order valence-electron chi connectivity index (χ1n) is 9.79. The molecule has 28 heavy (non-hydrogen) atoms. The summed E-state index contributed by atoms with van der Waals surface area (Å²) >= 11 is 5.97. The zero-order valence-corrected chi connectivity index (χ0v) is 16.8. The van der Waals surface area contributed by atoms with Gasteiger partial charge in [0.05, 0.1) is 13.0 Å². The van der Waals surface area contributed by atoms with Crippen LogP contribution in [-0.2, 0) is 9.53 Å². The molecule has 2 aromatic rings. The van der Waals surface area contributed by atoms with Gasteiger partial charge >= 0.3 is 5.97 Å². The second-order valence-corrected chi connectivity index (χ2v) is 7.51. The first-order chi connectivity index (χ1) is 13.6. The van der Waals surface area contributed by atoms with Gasteiger partial charge < -0.3 is 9.47 Å². The van der Waals surface area contributed by atoms with Gasteiger partial charge in [-0.15, -0.1) is 0 Å². The van der Waals surface area contributed by atoms with Crippen LogP contribution in [0.4, 0.5) is 0 Å². The number of ether oxygens (including phenoxy) is 2. The molecular weight excluding hydrogens is 376 g/mol. The summed E-state index contributed by atoms with van der Waals surface area (Å²) in [6, 6.07) is 14.1. The molecule has 0 heterocycles. The van der Waals surface area contributed by atoms with Crippen molar-refractivity contribution >= 4 is 23.4 Å². The van der Waals surface area contributed by atoms with E-state index >= 15 is 0 Å². The minimum absolute atomic E-state index is 0.00682. The number of esters is 1. The van der Waals surface area contributed by atoms with Crippen LogP contribution in [0, 0.1) is 5.92 Å². The van der Waals surface area contributed by atoms with Crippen LogP contribution in [0.15, 0.2) is 48.5 Å². The lowest BCUT2D eigenvalue weighted by Gasteiger charge is -2.31. The quantitative estimate of drug-likeness (QED) is 0.457. The van der Waals surface area contributed by atoms with Crippen molar-refractivity contribution in [1.29, 1.82) is 0 Å². The van der Waals surface area contributed by atoms with E-state index in [2.05, 4.69) is 0 Å². The molecule has 0 amide bonds. The van der Waals surface area contributed by atoms with Gasteiger partial charge in [-0.05, 0) is 62.6 Å². The molecule has 0 aliphatic heterocycles. The standard InChI is InChI=1S/C23H25ClO4/c1-2-27-22(25)15-17-6-3-4-9-21(17)28-20-12-10-16(11-13-20)23(26)18-7-5-8-19(24)14-18/h5,7-8,10-14,17,21H,2-4,6,9,15H2,1H3. The molecule has 1 aliphatic carbocycles. The number of ketones is 1. The monoisotopic (exact) mass is 400 g/mol. The number of carbonyl (C=O) groups is 2. The third-order valence-corrected chi connectivity index (χ3v) is 5.30. The Bertz CT molecular complexity index is 816. The first kappa shape index (κ1) is 20.4. The van der Waals surface area contributed by atoms with Gasteiger partial charge in [-0.1, -0.05) is 30.2 Å². The van der Waals surface area contributed by atoms with Gasteiger partial charge in [-0.3, -0.25) is 9.59 Å². The summed E-state index contributed by atoms with van der Waals surface area (Å²) in [4.78, 5) is 24.4. The second-order valence-electron chi connectivity index (χ2n) is 7.07. The molecule has 5 heteroatoms. The van der Waals surface area contributed by atoms with Crippen LogP contribution in [0.3, 0.4) is 0 Å². The average Bonchev–Trinajstić information content (AvgIpc) is 2.70. The van der Waals surface area contributed by atoms with Crippen molar-refractivity contribution < 1.29 is 19.1 Å². The third-order valence-electron chi connectivity index (χ3n) is 5.06. The fourth-order valence-corrected chi connectivity index (χ4v) is 3.84. The predicted molar refractivity (Wildman–Crippen MR) is 109 cm³/mol. The lowest BCUT2D eigenvalue weighted by atomic mass is 9.84. The highest BCUT2D eigenvalue weighted by Gasteiger charge is 2.29. The fraction of sp³-hybridized carbons (Fsp3) is 0.391. The van der Waals surface area contributed by atoms with Gasteiger partial charge in [0, 0.05) is 22.1 Å². The summed E-state index contributed by atoms with van der Waals surface area (Å²) in [6.07, 6.45) is 4.48. The maximum atomic E-state index is 12.6. The number of rotatable bonds is 7. The number of benzene rings is 2.